The average Bonchev–Trinajstić information content (AvgIpc) is 2.37. The lowest BCUT2D eigenvalue weighted by Crippen LogP contribution is -2.14. The molecule has 0 unspecified atom stereocenters. The fourth-order valence-corrected chi connectivity index (χ4v) is 1.64. The Hall–Kier alpha value is -1.76. The lowest BCUT2D eigenvalue weighted by Gasteiger charge is -2.09. The largest absolute Gasteiger partial charge is 0.358 e. The van der Waals surface area contributed by atoms with Gasteiger partial charge in [0.2, 0.25) is 0 Å². The molecule has 0 saturated carbocycles. The first-order chi connectivity index (χ1) is 8.65. The van der Waals surface area contributed by atoms with Crippen LogP contribution >= 0.6 is 0 Å². The number of allylic oxidation sites excluding steroid dienone is 1. The molecule has 0 aromatic heterocycles. The van der Waals surface area contributed by atoms with Crippen molar-refractivity contribution in [2.75, 3.05) is 18.9 Å². The maximum Gasteiger partial charge on any atom is 0.0382 e. The zero-order valence-electron chi connectivity index (χ0n) is 11.3. The summed E-state index contributed by atoms with van der Waals surface area (Å²) in [6.07, 6.45) is 2.05. The number of benzene rings is 1. The Morgan fingerprint density at radius 1 is 1.28 bits per heavy atom. The summed E-state index contributed by atoms with van der Waals surface area (Å²) < 4.78 is 0. The Balaban J connectivity index is 2.52. The molecule has 0 saturated heterocycles. The highest BCUT2D eigenvalue weighted by atomic mass is 14.9. The Morgan fingerprint density at radius 2 is 1.94 bits per heavy atom. The highest BCUT2D eigenvalue weighted by Gasteiger charge is 1.97. The minimum atomic E-state index is 0.769. The van der Waals surface area contributed by atoms with Crippen LogP contribution in [0.15, 0.2) is 54.4 Å². The standard InChI is InChI=1S/C16H22N2/c1-5-13(2)6-7-15-8-10-16(11-9-15)18-14(3)12-17-4/h8-11,17-18H,1,3,6-7,12H2,2,4H3. The van der Waals surface area contributed by atoms with Crippen LogP contribution in [0.25, 0.3) is 0 Å². The van der Waals surface area contributed by atoms with Gasteiger partial charge in [0.25, 0.3) is 0 Å². The van der Waals surface area contributed by atoms with E-state index in [9.17, 15) is 0 Å². The summed E-state index contributed by atoms with van der Waals surface area (Å²) in [6.45, 7) is 10.4. The molecule has 96 valence electrons. The van der Waals surface area contributed by atoms with Crippen molar-refractivity contribution in [2.45, 2.75) is 19.8 Å². The molecule has 0 aliphatic heterocycles. The second-order valence-corrected chi connectivity index (χ2v) is 4.41. The van der Waals surface area contributed by atoms with Crippen LogP contribution in [0.2, 0.25) is 0 Å². The maximum absolute atomic E-state index is 3.94. The quantitative estimate of drug-likeness (QED) is 0.715. The van der Waals surface area contributed by atoms with Crippen molar-refractivity contribution < 1.29 is 0 Å². The molecule has 0 fully saturated rings. The van der Waals surface area contributed by atoms with Crippen LogP contribution in [0.3, 0.4) is 0 Å². The average molecular weight is 242 g/mol. The van der Waals surface area contributed by atoms with Crippen LogP contribution in [-0.2, 0) is 6.42 Å². The van der Waals surface area contributed by atoms with Crippen molar-refractivity contribution in [3.63, 3.8) is 0 Å². The molecule has 0 atom stereocenters. The van der Waals surface area contributed by atoms with Gasteiger partial charge in [-0.2, -0.15) is 0 Å². The van der Waals surface area contributed by atoms with Crippen LogP contribution in [-0.4, -0.2) is 13.6 Å². The maximum atomic E-state index is 3.94. The van der Waals surface area contributed by atoms with Crippen molar-refractivity contribution in [3.8, 4) is 0 Å². The normalized spacial score (nSPS) is 9.67. The first-order valence-electron chi connectivity index (χ1n) is 6.19. The van der Waals surface area contributed by atoms with E-state index < -0.39 is 0 Å². The minimum absolute atomic E-state index is 0.769. The van der Waals surface area contributed by atoms with Crippen molar-refractivity contribution in [3.05, 3.63) is 60.0 Å². The fraction of sp³-hybridized carbons (Fsp3) is 0.312. The van der Waals surface area contributed by atoms with E-state index in [1.54, 1.807) is 0 Å². The van der Waals surface area contributed by atoms with Crippen LogP contribution in [0.1, 0.15) is 18.9 Å². The summed E-state index contributed by atoms with van der Waals surface area (Å²) in [6, 6.07) is 8.46. The van der Waals surface area contributed by atoms with E-state index in [4.69, 9.17) is 0 Å². The topological polar surface area (TPSA) is 24.1 Å². The molecule has 2 N–H and O–H groups in total. The minimum Gasteiger partial charge on any atom is -0.358 e. The first-order valence-corrected chi connectivity index (χ1v) is 6.19. The van der Waals surface area contributed by atoms with E-state index in [1.807, 2.05) is 7.05 Å². The van der Waals surface area contributed by atoms with E-state index in [2.05, 4.69) is 60.7 Å². The van der Waals surface area contributed by atoms with Crippen LogP contribution in [0, 0.1) is 0 Å². The third-order valence-corrected chi connectivity index (χ3v) is 2.76. The molecule has 2 nitrogen and oxygen atoms in total. The van der Waals surface area contributed by atoms with E-state index >= 15 is 0 Å². The van der Waals surface area contributed by atoms with Gasteiger partial charge in [0.05, 0.1) is 0 Å². The monoisotopic (exact) mass is 242 g/mol. The zero-order valence-corrected chi connectivity index (χ0v) is 11.3. The van der Waals surface area contributed by atoms with Gasteiger partial charge < -0.3 is 10.6 Å². The number of likely N-dealkylation sites (N-methyl/N-ethyl adjacent to an activating group) is 1. The number of hydrogen-bond acceptors (Lipinski definition) is 2. The van der Waals surface area contributed by atoms with Crippen molar-refractivity contribution in [2.24, 2.45) is 0 Å². The lowest BCUT2D eigenvalue weighted by atomic mass is 10.1. The van der Waals surface area contributed by atoms with E-state index in [1.165, 1.54) is 11.1 Å². The summed E-state index contributed by atoms with van der Waals surface area (Å²) in [4.78, 5) is 0. The van der Waals surface area contributed by atoms with Gasteiger partial charge in [-0.1, -0.05) is 25.3 Å². The summed E-state index contributed by atoms with van der Waals surface area (Å²) in [5.74, 6) is 0. The molecule has 0 spiro atoms. The highest BCUT2D eigenvalue weighted by Crippen LogP contribution is 2.14. The first kappa shape index (κ1) is 14.3. The molecule has 0 aliphatic rings. The summed E-state index contributed by atoms with van der Waals surface area (Å²) in [5, 5.41) is 6.32. The predicted molar refractivity (Wildman–Crippen MR) is 79.8 cm³/mol. The molecule has 0 aliphatic carbocycles. The number of anilines is 1. The van der Waals surface area contributed by atoms with Gasteiger partial charge in [-0.05, 0) is 50.1 Å². The highest BCUT2D eigenvalue weighted by molar-refractivity contribution is 5.49. The van der Waals surface area contributed by atoms with Gasteiger partial charge in [0, 0.05) is 17.9 Å². The van der Waals surface area contributed by atoms with Crippen LogP contribution in [0.5, 0.6) is 0 Å². The van der Waals surface area contributed by atoms with E-state index in [0.717, 1.165) is 30.8 Å². The van der Waals surface area contributed by atoms with Crippen LogP contribution in [0.4, 0.5) is 5.69 Å². The lowest BCUT2D eigenvalue weighted by molar-refractivity contribution is 0.886. The second-order valence-electron chi connectivity index (χ2n) is 4.41. The third-order valence-electron chi connectivity index (χ3n) is 2.76. The van der Waals surface area contributed by atoms with Gasteiger partial charge >= 0.3 is 0 Å². The molecule has 0 heterocycles. The summed E-state index contributed by atoms with van der Waals surface area (Å²) in [5.41, 5.74) is 7.51. The number of rotatable bonds is 7. The summed E-state index contributed by atoms with van der Waals surface area (Å²) in [7, 11) is 1.91. The van der Waals surface area contributed by atoms with Gasteiger partial charge in [-0.25, -0.2) is 0 Å². The zero-order chi connectivity index (χ0) is 13.4. The van der Waals surface area contributed by atoms with E-state index in [-0.39, 0.29) is 0 Å². The van der Waals surface area contributed by atoms with Crippen molar-refractivity contribution in [1.82, 2.24) is 5.32 Å². The smallest absolute Gasteiger partial charge is 0.0382 e. The van der Waals surface area contributed by atoms with E-state index in [0.29, 0.717) is 0 Å². The third kappa shape index (κ3) is 5.05. The van der Waals surface area contributed by atoms with Crippen molar-refractivity contribution >= 4 is 5.69 Å². The molecular weight excluding hydrogens is 220 g/mol. The van der Waals surface area contributed by atoms with Gasteiger partial charge in [-0.15, -0.1) is 5.73 Å². The van der Waals surface area contributed by atoms with Gasteiger partial charge in [-0.3, -0.25) is 0 Å². The number of aryl methyl sites for hydroxylation is 1. The molecule has 1 aromatic rings. The Morgan fingerprint density at radius 3 is 2.50 bits per heavy atom. The molecule has 0 bridgehead atoms. The predicted octanol–water partition coefficient (Wildman–Crippen LogP) is 3.50. The molecule has 1 rings (SSSR count). The Bertz CT molecular complexity index is 437. The molecule has 18 heavy (non-hydrogen) atoms. The second kappa shape index (κ2) is 7.54. The molecule has 0 radical (unpaired) electrons. The molecule has 2 heteroatoms. The SMILES string of the molecule is C=C=C(C)CCc1ccc(NC(=C)CNC)cc1. The Labute approximate surface area is 110 Å². The van der Waals surface area contributed by atoms with Gasteiger partial charge in [0.15, 0.2) is 0 Å². The van der Waals surface area contributed by atoms with Gasteiger partial charge in [0.1, 0.15) is 0 Å². The molecule has 0 amide bonds. The number of hydrogen-bond donors (Lipinski definition) is 2. The molecule has 1 aromatic carbocycles. The fourth-order valence-electron chi connectivity index (χ4n) is 1.64. The molecular formula is C16H22N2. The van der Waals surface area contributed by atoms with Crippen molar-refractivity contribution in [1.29, 1.82) is 0 Å². The summed E-state index contributed by atoms with van der Waals surface area (Å²) >= 11 is 0. The van der Waals surface area contributed by atoms with Crippen LogP contribution < -0.4 is 10.6 Å². The Kier molecular flexibility index (Phi) is 5.99. The number of nitrogens with one attached hydrogen (secondary N) is 2.